The van der Waals surface area contributed by atoms with Crippen molar-refractivity contribution in [1.29, 1.82) is 5.26 Å². The van der Waals surface area contributed by atoms with Crippen molar-refractivity contribution in [3.8, 4) is 6.07 Å². The van der Waals surface area contributed by atoms with Gasteiger partial charge in [0.1, 0.15) is 11.1 Å². The van der Waals surface area contributed by atoms with Crippen LogP contribution in [-0.2, 0) is 0 Å². The molecule has 1 heterocycles. The number of anilines is 3. The lowest BCUT2D eigenvalue weighted by atomic mass is 10.2. The van der Waals surface area contributed by atoms with E-state index in [2.05, 4.69) is 11.4 Å². The van der Waals surface area contributed by atoms with Crippen molar-refractivity contribution in [2.45, 2.75) is 0 Å². The van der Waals surface area contributed by atoms with Crippen LogP contribution >= 0.6 is 11.3 Å². The molecular formula is C15H11N3S. The highest BCUT2D eigenvalue weighted by Gasteiger charge is 2.11. The Kier molecular flexibility index (Phi) is 2.82. The van der Waals surface area contributed by atoms with Crippen LogP contribution in [0.2, 0.25) is 0 Å². The van der Waals surface area contributed by atoms with E-state index >= 15 is 0 Å². The second-order valence-corrected chi connectivity index (χ2v) is 5.21. The Morgan fingerprint density at radius 1 is 1.05 bits per heavy atom. The van der Waals surface area contributed by atoms with E-state index < -0.39 is 0 Å². The summed E-state index contributed by atoms with van der Waals surface area (Å²) in [6.07, 6.45) is 0. The minimum Gasteiger partial charge on any atom is -0.399 e. The van der Waals surface area contributed by atoms with E-state index in [1.54, 1.807) is 11.3 Å². The summed E-state index contributed by atoms with van der Waals surface area (Å²) in [4.78, 5) is 0. The van der Waals surface area contributed by atoms with Crippen LogP contribution in [0, 0.1) is 11.3 Å². The van der Waals surface area contributed by atoms with Crippen molar-refractivity contribution >= 4 is 37.8 Å². The largest absolute Gasteiger partial charge is 0.399 e. The first kappa shape index (κ1) is 11.6. The number of nitriles is 1. The molecule has 3 nitrogen and oxygen atoms in total. The van der Waals surface area contributed by atoms with Crippen molar-refractivity contribution in [1.82, 2.24) is 0 Å². The summed E-state index contributed by atoms with van der Waals surface area (Å²) >= 11 is 1.58. The minimum atomic E-state index is 0.692. The Morgan fingerprint density at radius 3 is 2.53 bits per heavy atom. The van der Waals surface area contributed by atoms with Gasteiger partial charge < -0.3 is 11.1 Å². The monoisotopic (exact) mass is 265 g/mol. The van der Waals surface area contributed by atoms with Crippen molar-refractivity contribution < 1.29 is 0 Å². The van der Waals surface area contributed by atoms with Gasteiger partial charge in [-0.25, -0.2) is 0 Å². The molecule has 4 heteroatoms. The molecule has 2 aromatic carbocycles. The fourth-order valence-corrected chi connectivity index (χ4v) is 3.02. The van der Waals surface area contributed by atoms with Crippen molar-refractivity contribution in [2.24, 2.45) is 0 Å². The molecule has 3 N–H and O–H groups in total. The Morgan fingerprint density at radius 2 is 1.79 bits per heavy atom. The Hall–Kier alpha value is -2.51. The van der Waals surface area contributed by atoms with Gasteiger partial charge in [0.2, 0.25) is 0 Å². The fraction of sp³-hybridized carbons (Fsp3) is 0. The van der Waals surface area contributed by atoms with Gasteiger partial charge in [0.05, 0.1) is 5.56 Å². The van der Waals surface area contributed by atoms with E-state index in [1.165, 1.54) is 0 Å². The molecular weight excluding hydrogens is 254 g/mol. The quantitative estimate of drug-likeness (QED) is 0.686. The highest BCUT2D eigenvalue weighted by atomic mass is 32.1. The van der Waals surface area contributed by atoms with E-state index in [1.807, 2.05) is 48.5 Å². The van der Waals surface area contributed by atoms with Gasteiger partial charge in [0.25, 0.3) is 0 Å². The Labute approximate surface area is 114 Å². The molecule has 0 aliphatic carbocycles. The maximum atomic E-state index is 9.32. The summed E-state index contributed by atoms with van der Waals surface area (Å²) in [5.41, 5.74) is 8.00. The maximum absolute atomic E-state index is 9.32. The third-order valence-electron chi connectivity index (χ3n) is 2.88. The lowest BCUT2D eigenvalue weighted by molar-refractivity contribution is 1.51. The summed E-state index contributed by atoms with van der Waals surface area (Å²) in [6, 6.07) is 17.7. The van der Waals surface area contributed by atoms with Crippen LogP contribution in [0.3, 0.4) is 0 Å². The number of nitrogens with two attached hydrogens (primary N) is 1. The zero-order valence-electron chi connectivity index (χ0n) is 10.1. The molecule has 0 unspecified atom stereocenters. The van der Waals surface area contributed by atoms with Gasteiger partial charge in [0.15, 0.2) is 0 Å². The zero-order valence-corrected chi connectivity index (χ0v) is 10.9. The first-order valence-electron chi connectivity index (χ1n) is 5.82. The van der Waals surface area contributed by atoms with Gasteiger partial charge in [-0.15, -0.1) is 11.3 Å². The average molecular weight is 265 g/mol. The second kappa shape index (κ2) is 4.63. The maximum Gasteiger partial charge on any atom is 0.112 e. The van der Waals surface area contributed by atoms with Crippen molar-refractivity contribution in [3.63, 3.8) is 0 Å². The third-order valence-corrected chi connectivity index (χ3v) is 3.96. The highest BCUT2D eigenvalue weighted by Crippen LogP contribution is 2.36. The lowest BCUT2D eigenvalue weighted by Gasteiger charge is -2.04. The molecule has 0 bridgehead atoms. The van der Waals surface area contributed by atoms with E-state index in [-0.39, 0.29) is 0 Å². The van der Waals surface area contributed by atoms with Crippen LogP contribution in [0.5, 0.6) is 0 Å². The third kappa shape index (κ3) is 2.12. The molecule has 0 saturated heterocycles. The molecule has 0 fully saturated rings. The fourth-order valence-electron chi connectivity index (χ4n) is 1.94. The standard InChI is InChI=1S/C15H11N3S/c16-9-13-12-3-1-2-4-14(12)19-15(13)18-11-7-5-10(17)6-8-11/h1-8,18H,17H2. The molecule has 1 aromatic heterocycles. The summed E-state index contributed by atoms with van der Waals surface area (Å²) in [5.74, 6) is 0. The molecule has 3 aromatic rings. The molecule has 0 spiro atoms. The summed E-state index contributed by atoms with van der Waals surface area (Å²) in [5, 5.41) is 14.5. The molecule has 92 valence electrons. The molecule has 0 radical (unpaired) electrons. The van der Waals surface area contributed by atoms with Gasteiger partial charge in [-0.1, -0.05) is 18.2 Å². The van der Waals surface area contributed by atoms with Gasteiger partial charge in [-0.2, -0.15) is 5.26 Å². The molecule has 0 saturated carbocycles. The zero-order chi connectivity index (χ0) is 13.2. The predicted molar refractivity (Wildman–Crippen MR) is 80.7 cm³/mol. The number of hydrogen-bond acceptors (Lipinski definition) is 4. The smallest absolute Gasteiger partial charge is 0.112 e. The van der Waals surface area contributed by atoms with Crippen LogP contribution < -0.4 is 11.1 Å². The van der Waals surface area contributed by atoms with Crippen LogP contribution in [0.15, 0.2) is 48.5 Å². The number of nitrogens with zero attached hydrogens (tertiary/aromatic N) is 1. The van der Waals surface area contributed by atoms with Gasteiger partial charge in [-0.3, -0.25) is 0 Å². The van der Waals surface area contributed by atoms with Crippen LogP contribution in [0.4, 0.5) is 16.4 Å². The number of hydrogen-bond donors (Lipinski definition) is 2. The van der Waals surface area contributed by atoms with E-state index in [0.29, 0.717) is 5.56 Å². The number of benzene rings is 2. The van der Waals surface area contributed by atoms with Gasteiger partial charge >= 0.3 is 0 Å². The SMILES string of the molecule is N#Cc1c(Nc2ccc(N)cc2)sc2ccccc12. The molecule has 3 rings (SSSR count). The summed E-state index contributed by atoms with van der Waals surface area (Å²) in [6.45, 7) is 0. The van der Waals surface area contributed by atoms with Crippen LogP contribution in [0.1, 0.15) is 5.56 Å². The normalized spacial score (nSPS) is 10.3. The second-order valence-electron chi connectivity index (χ2n) is 4.16. The summed E-state index contributed by atoms with van der Waals surface area (Å²) in [7, 11) is 0. The molecule has 0 amide bonds. The predicted octanol–water partition coefficient (Wildman–Crippen LogP) is 4.10. The number of thiophene rings is 1. The first-order chi connectivity index (χ1) is 9.28. The Bertz CT molecular complexity index is 766. The van der Waals surface area contributed by atoms with E-state index in [9.17, 15) is 5.26 Å². The summed E-state index contributed by atoms with van der Waals surface area (Å²) < 4.78 is 1.11. The molecule has 19 heavy (non-hydrogen) atoms. The Balaban J connectivity index is 2.05. The molecule has 0 atom stereocenters. The lowest BCUT2D eigenvalue weighted by Crippen LogP contribution is -1.90. The average Bonchev–Trinajstić information content (AvgIpc) is 2.78. The van der Waals surface area contributed by atoms with Crippen molar-refractivity contribution in [2.75, 3.05) is 11.1 Å². The number of nitrogens with one attached hydrogen (secondary N) is 1. The number of nitrogen functional groups attached to an aromatic ring is 1. The number of fused-ring (bicyclic) bond motifs is 1. The van der Waals surface area contributed by atoms with E-state index in [4.69, 9.17) is 5.73 Å². The minimum absolute atomic E-state index is 0.692. The van der Waals surface area contributed by atoms with Crippen LogP contribution in [-0.4, -0.2) is 0 Å². The topological polar surface area (TPSA) is 61.8 Å². The molecule has 0 aliphatic rings. The van der Waals surface area contributed by atoms with Crippen molar-refractivity contribution in [3.05, 3.63) is 54.1 Å². The van der Waals surface area contributed by atoms with Crippen LogP contribution in [0.25, 0.3) is 10.1 Å². The first-order valence-corrected chi connectivity index (χ1v) is 6.64. The van der Waals surface area contributed by atoms with Gasteiger partial charge in [0, 0.05) is 21.5 Å². The highest BCUT2D eigenvalue weighted by molar-refractivity contribution is 7.23. The number of rotatable bonds is 2. The van der Waals surface area contributed by atoms with E-state index in [0.717, 1.165) is 26.5 Å². The van der Waals surface area contributed by atoms with Gasteiger partial charge in [-0.05, 0) is 30.3 Å². The molecule has 0 aliphatic heterocycles.